The van der Waals surface area contributed by atoms with Gasteiger partial charge in [-0.3, -0.25) is 9.59 Å². The summed E-state index contributed by atoms with van der Waals surface area (Å²) >= 11 is 0. The molecule has 0 amide bonds. The molecule has 0 saturated heterocycles. The first-order valence-electron chi connectivity index (χ1n) is 9.17. The van der Waals surface area contributed by atoms with Gasteiger partial charge in [0.2, 0.25) is 0 Å². The molecule has 0 bridgehead atoms. The van der Waals surface area contributed by atoms with Gasteiger partial charge in [-0.05, 0) is 52.9 Å². The molecule has 0 saturated carbocycles. The predicted octanol–water partition coefficient (Wildman–Crippen LogP) is 5.12. The van der Waals surface area contributed by atoms with Crippen LogP contribution in [0.2, 0.25) is 0 Å². The predicted molar refractivity (Wildman–Crippen MR) is 107 cm³/mol. The van der Waals surface area contributed by atoms with E-state index < -0.39 is 0 Å². The van der Waals surface area contributed by atoms with Crippen LogP contribution >= 0.6 is 0 Å². The minimum atomic E-state index is 0.460. The molecule has 136 valence electrons. The number of rotatable bonds is 9. The molecule has 27 heavy (non-hydrogen) atoms. The molecule has 0 aliphatic rings. The molecule has 0 radical (unpaired) electrons. The highest BCUT2D eigenvalue weighted by Gasteiger charge is 2.13. The molecule has 4 nitrogen and oxygen atoms in total. The topological polar surface area (TPSA) is 52.6 Å². The van der Waals surface area contributed by atoms with E-state index in [1.165, 1.54) is 0 Å². The maximum absolute atomic E-state index is 11.4. The van der Waals surface area contributed by atoms with E-state index in [2.05, 4.69) is 24.3 Å². The first-order valence-corrected chi connectivity index (χ1v) is 9.17. The maximum Gasteiger partial charge on any atom is 0.293 e. The fourth-order valence-corrected chi connectivity index (χ4v) is 3.72. The highest BCUT2D eigenvalue weighted by Crippen LogP contribution is 2.39. The molecular formula is C23H20O4. The van der Waals surface area contributed by atoms with Crippen molar-refractivity contribution in [2.75, 3.05) is 13.2 Å². The number of unbranched alkanes of at least 4 members (excludes halogenated alkanes) is 2. The Labute approximate surface area is 157 Å². The third-order valence-electron chi connectivity index (χ3n) is 5.02. The summed E-state index contributed by atoms with van der Waals surface area (Å²) < 4.78 is 10.7. The van der Waals surface area contributed by atoms with Crippen LogP contribution in [0.4, 0.5) is 0 Å². The fraction of sp³-hybridized carbons (Fsp3) is 0.217. The summed E-state index contributed by atoms with van der Waals surface area (Å²) in [4.78, 5) is 21.6. The Morgan fingerprint density at radius 1 is 0.704 bits per heavy atom. The molecule has 4 rings (SSSR count). The number of aldehydes is 1. The first kappa shape index (κ1) is 17.3. The lowest BCUT2D eigenvalue weighted by atomic mass is 9.92. The Bertz CT molecular complexity index is 1100. The van der Waals surface area contributed by atoms with Gasteiger partial charge >= 0.3 is 0 Å². The van der Waals surface area contributed by atoms with Crippen LogP contribution in [0.1, 0.15) is 29.6 Å². The van der Waals surface area contributed by atoms with Crippen molar-refractivity contribution in [3.05, 3.63) is 54.1 Å². The maximum atomic E-state index is 11.4. The van der Waals surface area contributed by atoms with Gasteiger partial charge < -0.3 is 9.47 Å². The SMILES string of the molecule is O=COCCCCCOc1ccc2ccc3c(C=O)ccc4ccc1c2c43. The lowest BCUT2D eigenvalue weighted by molar-refractivity contribution is -0.128. The van der Waals surface area contributed by atoms with Gasteiger partial charge in [0, 0.05) is 16.3 Å². The summed E-state index contributed by atoms with van der Waals surface area (Å²) in [5, 5.41) is 6.58. The van der Waals surface area contributed by atoms with E-state index >= 15 is 0 Å². The lowest BCUT2D eigenvalue weighted by Gasteiger charge is -2.15. The van der Waals surface area contributed by atoms with E-state index in [0.29, 0.717) is 25.2 Å². The Hall–Kier alpha value is -3.14. The van der Waals surface area contributed by atoms with Crippen molar-refractivity contribution < 1.29 is 19.1 Å². The van der Waals surface area contributed by atoms with Gasteiger partial charge in [0.05, 0.1) is 13.2 Å². The fourth-order valence-electron chi connectivity index (χ4n) is 3.72. The van der Waals surface area contributed by atoms with Crippen molar-refractivity contribution in [3.8, 4) is 5.75 Å². The average Bonchev–Trinajstić information content (AvgIpc) is 2.71. The Balaban J connectivity index is 1.65. The largest absolute Gasteiger partial charge is 0.493 e. The average molecular weight is 360 g/mol. The summed E-state index contributed by atoms with van der Waals surface area (Å²) in [6.45, 7) is 1.56. The van der Waals surface area contributed by atoms with Gasteiger partial charge in [-0.25, -0.2) is 0 Å². The molecule has 4 aromatic rings. The van der Waals surface area contributed by atoms with Crippen LogP contribution in [-0.2, 0) is 9.53 Å². The van der Waals surface area contributed by atoms with Crippen molar-refractivity contribution >= 4 is 45.1 Å². The number of ether oxygens (including phenoxy) is 2. The normalized spacial score (nSPS) is 11.3. The summed E-state index contributed by atoms with van der Waals surface area (Å²) in [5.74, 6) is 0.859. The monoisotopic (exact) mass is 360 g/mol. The molecule has 0 atom stereocenters. The van der Waals surface area contributed by atoms with Crippen LogP contribution < -0.4 is 4.74 Å². The van der Waals surface area contributed by atoms with Crippen LogP contribution in [0.3, 0.4) is 0 Å². The van der Waals surface area contributed by atoms with Gasteiger partial charge in [0.25, 0.3) is 6.47 Å². The van der Waals surface area contributed by atoms with Crippen LogP contribution in [0.15, 0.2) is 48.5 Å². The standard InChI is InChI=1S/C23H20O4/c24-14-18-5-4-16-7-10-20-21(27-13-3-1-2-12-26-15-25)11-8-17-6-9-19(18)22(16)23(17)20/h4-11,14-15H,1-3,12-13H2. The van der Waals surface area contributed by atoms with Crippen molar-refractivity contribution in [3.63, 3.8) is 0 Å². The highest BCUT2D eigenvalue weighted by atomic mass is 16.5. The minimum absolute atomic E-state index is 0.460. The molecule has 0 fully saturated rings. The molecule has 0 heterocycles. The second-order valence-electron chi connectivity index (χ2n) is 6.63. The molecule has 0 aliphatic carbocycles. The Kier molecular flexibility index (Phi) is 4.88. The molecule has 0 unspecified atom stereocenters. The first-order chi connectivity index (χ1) is 13.3. The molecule has 4 aromatic carbocycles. The summed E-state index contributed by atoms with van der Waals surface area (Å²) in [6.07, 6.45) is 3.61. The van der Waals surface area contributed by atoms with Gasteiger partial charge in [-0.1, -0.05) is 36.4 Å². The number of hydrogen-bond donors (Lipinski definition) is 0. The number of benzene rings is 4. The number of hydrogen-bond acceptors (Lipinski definition) is 4. The third-order valence-corrected chi connectivity index (χ3v) is 5.02. The van der Waals surface area contributed by atoms with E-state index in [0.717, 1.165) is 63.6 Å². The van der Waals surface area contributed by atoms with Crippen LogP contribution in [0.5, 0.6) is 5.75 Å². The molecule has 0 N–H and O–H groups in total. The van der Waals surface area contributed by atoms with Crippen molar-refractivity contribution in [2.45, 2.75) is 19.3 Å². The summed E-state index contributed by atoms with van der Waals surface area (Å²) in [7, 11) is 0. The van der Waals surface area contributed by atoms with Crippen LogP contribution in [-0.4, -0.2) is 26.0 Å². The van der Waals surface area contributed by atoms with E-state index in [4.69, 9.17) is 9.47 Å². The Morgan fingerprint density at radius 2 is 1.37 bits per heavy atom. The van der Waals surface area contributed by atoms with Crippen LogP contribution in [0, 0.1) is 0 Å². The summed E-state index contributed by atoms with van der Waals surface area (Å²) in [5.41, 5.74) is 0.709. The van der Waals surface area contributed by atoms with Gasteiger partial charge in [0.15, 0.2) is 6.29 Å². The molecule has 0 aromatic heterocycles. The summed E-state index contributed by atoms with van der Waals surface area (Å²) in [6, 6.07) is 16.2. The van der Waals surface area contributed by atoms with Gasteiger partial charge in [-0.2, -0.15) is 0 Å². The minimum Gasteiger partial charge on any atom is -0.493 e. The molecule has 0 spiro atoms. The quantitative estimate of drug-likeness (QED) is 0.236. The van der Waals surface area contributed by atoms with E-state index in [9.17, 15) is 9.59 Å². The van der Waals surface area contributed by atoms with E-state index in [1.54, 1.807) is 0 Å². The van der Waals surface area contributed by atoms with Crippen molar-refractivity contribution in [1.82, 2.24) is 0 Å². The van der Waals surface area contributed by atoms with E-state index in [1.807, 2.05) is 24.3 Å². The molecular weight excluding hydrogens is 340 g/mol. The zero-order valence-corrected chi connectivity index (χ0v) is 14.9. The van der Waals surface area contributed by atoms with Crippen LogP contribution in [0.25, 0.3) is 32.3 Å². The van der Waals surface area contributed by atoms with Gasteiger partial charge in [-0.15, -0.1) is 0 Å². The lowest BCUT2D eigenvalue weighted by Crippen LogP contribution is -2.00. The second-order valence-corrected chi connectivity index (χ2v) is 6.63. The van der Waals surface area contributed by atoms with Crippen molar-refractivity contribution in [1.29, 1.82) is 0 Å². The Morgan fingerprint density at radius 3 is 2.15 bits per heavy atom. The highest BCUT2D eigenvalue weighted by molar-refractivity contribution is 6.26. The molecule has 0 aliphatic heterocycles. The zero-order chi connectivity index (χ0) is 18.6. The number of carbonyl (C=O) groups is 2. The van der Waals surface area contributed by atoms with Gasteiger partial charge in [0.1, 0.15) is 5.75 Å². The second kappa shape index (κ2) is 7.62. The zero-order valence-electron chi connectivity index (χ0n) is 14.9. The smallest absolute Gasteiger partial charge is 0.293 e. The molecule has 4 heteroatoms. The van der Waals surface area contributed by atoms with E-state index in [-0.39, 0.29) is 0 Å². The number of carbonyl (C=O) groups excluding carboxylic acids is 2. The third kappa shape index (κ3) is 3.19. The van der Waals surface area contributed by atoms with Crippen molar-refractivity contribution in [2.24, 2.45) is 0 Å².